The Labute approximate surface area is 123 Å². The van der Waals surface area contributed by atoms with Crippen LogP contribution in [0.5, 0.6) is 0 Å². The average Bonchev–Trinajstić information content (AvgIpc) is 2.50. The number of rotatable bonds is 7. The van der Waals surface area contributed by atoms with Crippen LogP contribution in [0, 0.1) is 0 Å². The van der Waals surface area contributed by atoms with E-state index in [9.17, 15) is 0 Å². The van der Waals surface area contributed by atoms with Crippen LogP contribution in [0.3, 0.4) is 0 Å². The number of ether oxygens (including phenoxy) is 1. The molecule has 112 valence electrons. The van der Waals surface area contributed by atoms with Crippen LogP contribution in [0.4, 0.5) is 0 Å². The Balaban J connectivity index is 2.06. The first-order valence-electron chi connectivity index (χ1n) is 7.85. The number of methoxy groups -OCH3 is 1. The van der Waals surface area contributed by atoms with Crippen LogP contribution in [0.1, 0.15) is 37.3 Å². The van der Waals surface area contributed by atoms with Crippen LogP contribution in [-0.2, 0) is 17.9 Å². The van der Waals surface area contributed by atoms with E-state index in [-0.39, 0.29) is 0 Å². The lowest BCUT2D eigenvalue weighted by atomic mass is 10.0. The topological polar surface area (TPSA) is 24.5 Å². The molecule has 3 nitrogen and oxygen atoms in total. The molecule has 1 N–H and O–H groups in total. The zero-order valence-corrected chi connectivity index (χ0v) is 12.9. The highest BCUT2D eigenvalue weighted by Gasteiger charge is 2.20. The van der Waals surface area contributed by atoms with E-state index in [1.54, 1.807) is 7.11 Å². The summed E-state index contributed by atoms with van der Waals surface area (Å²) in [7, 11) is 1.77. The first-order valence-corrected chi connectivity index (χ1v) is 7.85. The molecular weight excluding hydrogens is 248 g/mol. The van der Waals surface area contributed by atoms with Gasteiger partial charge in [-0.3, -0.25) is 4.90 Å². The van der Waals surface area contributed by atoms with E-state index in [0.717, 1.165) is 13.1 Å². The molecule has 0 amide bonds. The average molecular weight is 276 g/mol. The number of nitrogens with zero attached hydrogens (tertiary/aromatic N) is 1. The van der Waals surface area contributed by atoms with E-state index in [0.29, 0.717) is 12.6 Å². The summed E-state index contributed by atoms with van der Waals surface area (Å²) in [5.41, 5.74) is 2.73. The Morgan fingerprint density at radius 1 is 1.30 bits per heavy atom. The molecule has 0 aliphatic carbocycles. The quantitative estimate of drug-likeness (QED) is 0.829. The second kappa shape index (κ2) is 8.40. The van der Waals surface area contributed by atoms with Crippen LogP contribution in [0.2, 0.25) is 0 Å². The molecule has 1 unspecified atom stereocenters. The van der Waals surface area contributed by atoms with Crippen LogP contribution in [-0.4, -0.2) is 37.7 Å². The van der Waals surface area contributed by atoms with Crippen molar-refractivity contribution in [1.82, 2.24) is 10.2 Å². The molecular formula is C17H28N2O. The highest BCUT2D eigenvalue weighted by molar-refractivity contribution is 5.26. The van der Waals surface area contributed by atoms with Gasteiger partial charge in [-0.2, -0.15) is 0 Å². The lowest BCUT2D eigenvalue weighted by Crippen LogP contribution is -2.46. The van der Waals surface area contributed by atoms with Crippen molar-refractivity contribution in [2.75, 3.05) is 26.7 Å². The smallest absolute Gasteiger partial charge is 0.0716 e. The van der Waals surface area contributed by atoms with E-state index in [2.05, 4.69) is 41.4 Å². The van der Waals surface area contributed by atoms with Gasteiger partial charge in [0.05, 0.1) is 6.61 Å². The lowest BCUT2D eigenvalue weighted by molar-refractivity contribution is 0.153. The highest BCUT2D eigenvalue weighted by Crippen LogP contribution is 2.18. The van der Waals surface area contributed by atoms with E-state index in [1.807, 2.05) is 0 Å². The van der Waals surface area contributed by atoms with Gasteiger partial charge in [-0.15, -0.1) is 0 Å². The van der Waals surface area contributed by atoms with Gasteiger partial charge in [0.1, 0.15) is 0 Å². The summed E-state index contributed by atoms with van der Waals surface area (Å²) in [6, 6.07) is 9.34. The monoisotopic (exact) mass is 276 g/mol. The van der Waals surface area contributed by atoms with Gasteiger partial charge in [-0.05, 0) is 43.5 Å². The Bertz CT molecular complexity index is 388. The molecule has 20 heavy (non-hydrogen) atoms. The number of hydrogen-bond acceptors (Lipinski definition) is 3. The molecule has 1 saturated heterocycles. The third-order valence-electron chi connectivity index (χ3n) is 4.09. The largest absolute Gasteiger partial charge is 0.380 e. The van der Waals surface area contributed by atoms with Gasteiger partial charge in [0.2, 0.25) is 0 Å². The third-order valence-corrected chi connectivity index (χ3v) is 4.09. The second-order valence-electron chi connectivity index (χ2n) is 5.67. The summed E-state index contributed by atoms with van der Waals surface area (Å²) >= 11 is 0. The predicted molar refractivity (Wildman–Crippen MR) is 83.7 cm³/mol. The minimum Gasteiger partial charge on any atom is -0.380 e. The number of hydrogen-bond donors (Lipinski definition) is 1. The van der Waals surface area contributed by atoms with Gasteiger partial charge in [0.15, 0.2) is 0 Å². The van der Waals surface area contributed by atoms with Crippen LogP contribution in [0.25, 0.3) is 0 Å². The second-order valence-corrected chi connectivity index (χ2v) is 5.67. The van der Waals surface area contributed by atoms with Crippen molar-refractivity contribution in [3.05, 3.63) is 35.4 Å². The standard InChI is InChI=1S/C17H28N2O/c1-3-11-19(17-9-6-10-18-12-17)13-15-7-4-5-8-16(15)14-20-2/h4-5,7-8,17-18H,3,6,9-14H2,1-2H3. The Morgan fingerprint density at radius 3 is 2.75 bits per heavy atom. The molecule has 1 fully saturated rings. The molecule has 2 rings (SSSR count). The van der Waals surface area contributed by atoms with Gasteiger partial charge in [0, 0.05) is 26.2 Å². The zero-order valence-electron chi connectivity index (χ0n) is 12.9. The number of benzene rings is 1. The number of nitrogens with one attached hydrogen (secondary N) is 1. The number of piperidine rings is 1. The van der Waals surface area contributed by atoms with Crippen molar-refractivity contribution >= 4 is 0 Å². The fourth-order valence-electron chi connectivity index (χ4n) is 3.05. The molecule has 0 saturated carbocycles. The predicted octanol–water partition coefficient (Wildman–Crippen LogP) is 2.80. The molecule has 1 aliphatic heterocycles. The minimum absolute atomic E-state index is 0.680. The molecule has 1 aromatic carbocycles. The summed E-state index contributed by atoms with van der Waals surface area (Å²) in [6.45, 7) is 7.50. The first kappa shape index (κ1) is 15.5. The molecule has 1 aromatic rings. The SMILES string of the molecule is CCCN(Cc1ccccc1COC)C1CCCNC1. The summed E-state index contributed by atoms with van der Waals surface area (Å²) < 4.78 is 5.32. The Morgan fingerprint density at radius 2 is 2.10 bits per heavy atom. The molecule has 0 bridgehead atoms. The maximum absolute atomic E-state index is 5.32. The molecule has 1 atom stereocenters. The van der Waals surface area contributed by atoms with E-state index in [4.69, 9.17) is 4.74 Å². The molecule has 3 heteroatoms. The fraction of sp³-hybridized carbons (Fsp3) is 0.647. The lowest BCUT2D eigenvalue weighted by Gasteiger charge is -2.35. The van der Waals surface area contributed by atoms with Crippen LogP contribution in [0.15, 0.2) is 24.3 Å². The van der Waals surface area contributed by atoms with Crippen molar-refractivity contribution in [3.8, 4) is 0 Å². The van der Waals surface area contributed by atoms with E-state index < -0.39 is 0 Å². The normalized spacial score (nSPS) is 19.4. The zero-order chi connectivity index (χ0) is 14.2. The first-order chi connectivity index (χ1) is 9.85. The van der Waals surface area contributed by atoms with Crippen LogP contribution < -0.4 is 5.32 Å². The minimum atomic E-state index is 0.680. The summed E-state index contributed by atoms with van der Waals surface area (Å²) in [5.74, 6) is 0. The van der Waals surface area contributed by atoms with Crippen molar-refractivity contribution in [2.45, 2.75) is 45.4 Å². The molecule has 1 heterocycles. The fourth-order valence-corrected chi connectivity index (χ4v) is 3.05. The Kier molecular flexibility index (Phi) is 6.51. The maximum atomic E-state index is 5.32. The molecule has 0 spiro atoms. The molecule has 0 aromatic heterocycles. The molecule has 0 radical (unpaired) electrons. The highest BCUT2D eigenvalue weighted by atomic mass is 16.5. The van der Waals surface area contributed by atoms with E-state index >= 15 is 0 Å². The van der Waals surface area contributed by atoms with Gasteiger partial charge in [0.25, 0.3) is 0 Å². The van der Waals surface area contributed by atoms with Gasteiger partial charge >= 0.3 is 0 Å². The van der Waals surface area contributed by atoms with Gasteiger partial charge in [-0.1, -0.05) is 31.2 Å². The van der Waals surface area contributed by atoms with Gasteiger partial charge in [-0.25, -0.2) is 0 Å². The van der Waals surface area contributed by atoms with Crippen molar-refractivity contribution in [1.29, 1.82) is 0 Å². The Hall–Kier alpha value is -0.900. The van der Waals surface area contributed by atoms with Gasteiger partial charge < -0.3 is 10.1 Å². The van der Waals surface area contributed by atoms with E-state index in [1.165, 1.54) is 43.5 Å². The van der Waals surface area contributed by atoms with Crippen molar-refractivity contribution in [2.24, 2.45) is 0 Å². The third kappa shape index (κ3) is 4.30. The summed E-state index contributed by atoms with van der Waals surface area (Å²) in [5, 5.41) is 3.53. The van der Waals surface area contributed by atoms with Crippen LogP contribution >= 0.6 is 0 Å². The summed E-state index contributed by atoms with van der Waals surface area (Å²) in [6.07, 6.45) is 3.83. The molecule has 1 aliphatic rings. The summed E-state index contributed by atoms with van der Waals surface area (Å²) in [4.78, 5) is 2.64. The van der Waals surface area contributed by atoms with Crippen molar-refractivity contribution in [3.63, 3.8) is 0 Å². The van der Waals surface area contributed by atoms with Crippen molar-refractivity contribution < 1.29 is 4.74 Å². The maximum Gasteiger partial charge on any atom is 0.0716 e.